The van der Waals surface area contributed by atoms with Crippen molar-refractivity contribution >= 4 is 21.6 Å². The predicted molar refractivity (Wildman–Crippen MR) is 96.7 cm³/mol. The van der Waals surface area contributed by atoms with Crippen molar-refractivity contribution in [1.82, 2.24) is 9.21 Å². The van der Waals surface area contributed by atoms with E-state index in [1.54, 1.807) is 29.4 Å². The van der Waals surface area contributed by atoms with Crippen LogP contribution in [-0.2, 0) is 16.6 Å². The zero-order valence-electron chi connectivity index (χ0n) is 13.7. The Morgan fingerprint density at radius 2 is 1.67 bits per heavy atom. The number of aryl methyl sites for hydroxylation is 1. The minimum absolute atomic E-state index is 0.312. The van der Waals surface area contributed by atoms with Crippen molar-refractivity contribution in [2.45, 2.75) is 18.4 Å². The molecule has 1 aliphatic rings. The van der Waals surface area contributed by atoms with E-state index >= 15 is 0 Å². The zero-order chi connectivity index (χ0) is 17.2. The van der Waals surface area contributed by atoms with Crippen molar-refractivity contribution in [3.8, 4) is 0 Å². The molecule has 24 heavy (non-hydrogen) atoms. The Kier molecular flexibility index (Phi) is 5.25. The number of rotatable bonds is 4. The summed E-state index contributed by atoms with van der Waals surface area (Å²) in [7, 11) is -3.49. The lowest BCUT2D eigenvalue weighted by Crippen LogP contribution is -2.48. The van der Waals surface area contributed by atoms with Gasteiger partial charge in [-0.1, -0.05) is 48.0 Å². The van der Waals surface area contributed by atoms with Crippen LogP contribution >= 0.6 is 11.6 Å². The Labute approximate surface area is 148 Å². The number of nitrogens with zero attached hydrogens (tertiary/aromatic N) is 2. The van der Waals surface area contributed by atoms with Gasteiger partial charge in [0.1, 0.15) is 0 Å². The molecule has 2 aromatic rings. The Morgan fingerprint density at radius 3 is 2.33 bits per heavy atom. The summed E-state index contributed by atoms with van der Waals surface area (Å²) in [5, 5.41) is 0.446. The predicted octanol–water partition coefficient (Wildman–Crippen LogP) is 3.15. The Morgan fingerprint density at radius 1 is 1.00 bits per heavy atom. The molecule has 1 aliphatic heterocycles. The molecule has 0 unspecified atom stereocenters. The largest absolute Gasteiger partial charge is 0.296 e. The minimum Gasteiger partial charge on any atom is -0.296 e. The van der Waals surface area contributed by atoms with Crippen LogP contribution in [0.1, 0.15) is 11.1 Å². The first-order valence-electron chi connectivity index (χ1n) is 7.99. The first kappa shape index (κ1) is 17.4. The molecule has 0 radical (unpaired) electrons. The van der Waals surface area contributed by atoms with E-state index in [9.17, 15) is 8.42 Å². The molecule has 0 bridgehead atoms. The second-order valence-corrected chi connectivity index (χ2v) is 8.42. The summed E-state index contributed by atoms with van der Waals surface area (Å²) in [4.78, 5) is 2.60. The monoisotopic (exact) mass is 364 g/mol. The molecule has 0 spiro atoms. The number of piperazine rings is 1. The molecule has 1 fully saturated rings. The van der Waals surface area contributed by atoms with Crippen LogP contribution in [0.4, 0.5) is 0 Å². The van der Waals surface area contributed by atoms with Crippen molar-refractivity contribution in [2.24, 2.45) is 0 Å². The topological polar surface area (TPSA) is 40.6 Å². The number of halogens is 1. The number of hydrogen-bond donors (Lipinski definition) is 0. The van der Waals surface area contributed by atoms with Gasteiger partial charge in [0.05, 0.1) is 4.90 Å². The van der Waals surface area contributed by atoms with Crippen molar-refractivity contribution < 1.29 is 8.42 Å². The molecular weight excluding hydrogens is 344 g/mol. The van der Waals surface area contributed by atoms with Gasteiger partial charge >= 0.3 is 0 Å². The molecule has 2 aromatic carbocycles. The zero-order valence-corrected chi connectivity index (χ0v) is 15.2. The van der Waals surface area contributed by atoms with Crippen LogP contribution in [0.5, 0.6) is 0 Å². The van der Waals surface area contributed by atoms with Gasteiger partial charge < -0.3 is 0 Å². The quantitative estimate of drug-likeness (QED) is 0.836. The fourth-order valence-electron chi connectivity index (χ4n) is 2.96. The third-order valence-electron chi connectivity index (χ3n) is 4.35. The van der Waals surface area contributed by atoms with Crippen LogP contribution < -0.4 is 0 Å². The van der Waals surface area contributed by atoms with Gasteiger partial charge in [-0.25, -0.2) is 8.42 Å². The molecule has 3 rings (SSSR count). The lowest BCUT2D eigenvalue weighted by atomic mass is 10.2. The molecule has 0 aromatic heterocycles. The minimum atomic E-state index is -3.49. The highest BCUT2D eigenvalue weighted by atomic mass is 35.5. The van der Waals surface area contributed by atoms with Crippen LogP contribution in [-0.4, -0.2) is 43.8 Å². The molecule has 0 saturated carbocycles. The number of hydrogen-bond acceptors (Lipinski definition) is 3. The van der Waals surface area contributed by atoms with E-state index in [2.05, 4.69) is 17.0 Å². The lowest BCUT2D eigenvalue weighted by Gasteiger charge is -2.34. The summed E-state index contributed by atoms with van der Waals surface area (Å²) in [6, 6.07) is 15.3. The maximum absolute atomic E-state index is 12.9. The third-order valence-corrected chi connectivity index (χ3v) is 6.62. The van der Waals surface area contributed by atoms with Gasteiger partial charge in [0, 0.05) is 37.7 Å². The van der Waals surface area contributed by atoms with Crippen LogP contribution in [0, 0.1) is 6.92 Å². The Balaban J connectivity index is 1.68. The van der Waals surface area contributed by atoms with E-state index in [-0.39, 0.29) is 0 Å². The average Bonchev–Trinajstić information content (AvgIpc) is 2.58. The molecular formula is C18H21ClN2O2S. The molecule has 6 heteroatoms. The third kappa shape index (κ3) is 3.81. The van der Waals surface area contributed by atoms with E-state index in [1.165, 1.54) is 5.56 Å². The van der Waals surface area contributed by atoms with E-state index < -0.39 is 10.0 Å². The van der Waals surface area contributed by atoms with Gasteiger partial charge in [-0.3, -0.25) is 4.90 Å². The van der Waals surface area contributed by atoms with E-state index in [0.717, 1.165) is 25.2 Å². The summed E-state index contributed by atoms with van der Waals surface area (Å²) < 4.78 is 27.3. The summed E-state index contributed by atoms with van der Waals surface area (Å²) >= 11 is 5.98. The molecule has 4 nitrogen and oxygen atoms in total. The summed E-state index contributed by atoms with van der Waals surface area (Å²) in [5.41, 5.74) is 1.98. The summed E-state index contributed by atoms with van der Waals surface area (Å²) in [5.74, 6) is 0. The van der Waals surface area contributed by atoms with Crippen molar-refractivity contribution in [3.63, 3.8) is 0 Å². The molecule has 1 saturated heterocycles. The van der Waals surface area contributed by atoms with E-state index in [4.69, 9.17) is 11.6 Å². The van der Waals surface area contributed by atoms with Gasteiger partial charge in [-0.05, 0) is 30.2 Å². The van der Waals surface area contributed by atoms with E-state index in [1.807, 2.05) is 18.2 Å². The average molecular weight is 365 g/mol. The van der Waals surface area contributed by atoms with Gasteiger partial charge in [0.25, 0.3) is 0 Å². The van der Waals surface area contributed by atoms with Crippen LogP contribution in [0.3, 0.4) is 0 Å². The second-order valence-electron chi connectivity index (χ2n) is 6.08. The maximum atomic E-state index is 12.9. The normalized spacial score (nSPS) is 17.1. The van der Waals surface area contributed by atoms with Crippen molar-refractivity contribution in [3.05, 3.63) is 64.7 Å². The summed E-state index contributed by atoms with van der Waals surface area (Å²) in [6.07, 6.45) is 0. The summed E-state index contributed by atoms with van der Waals surface area (Å²) in [6.45, 7) is 5.11. The SMILES string of the molecule is Cc1ccc(Cl)cc1S(=O)(=O)N1CCN(Cc2ccccc2)CC1. The first-order valence-corrected chi connectivity index (χ1v) is 9.81. The molecule has 128 valence electrons. The van der Waals surface area contributed by atoms with Crippen LogP contribution in [0.15, 0.2) is 53.4 Å². The van der Waals surface area contributed by atoms with Gasteiger partial charge in [-0.15, -0.1) is 0 Å². The lowest BCUT2D eigenvalue weighted by molar-refractivity contribution is 0.181. The standard InChI is InChI=1S/C18H21ClN2O2S/c1-15-7-8-17(19)13-18(15)24(22,23)21-11-9-20(10-12-21)14-16-5-3-2-4-6-16/h2-8,13H,9-12,14H2,1H3. The van der Waals surface area contributed by atoms with E-state index in [0.29, 0.717) is 23.0 Å². The van der Waals surface area contributed by atoms with Crippen LogP contribution in [0.2, 0.25) is 5.02 Å². The van der Waals surface area contributed by atoms with Crippen molar-refractivity contribution in [1.29, 1.82) is 0 Å². The second kappa shape index (κ2) is 7.23. The smallest absolute Gasteiger partial charge is 0.243 e. The molecule has 0 amide bonds. The molecule has 0 atom stereocenters. The fraction of sp³-hybridized carbons (Fsp3) is 0.333. The maximum Gasteiger partial charge on any atom is 0.243 e. The fourth-order valence-corrected chi connectivity index (χ4v) is 4.87. The molecule has 1 heterocycles. The number of sulfonamides is 1. The van der Waals surface area contributed by atoms with Gasteiger partial charge in [0.15, 0.2) is 0 Å². The van der Waals surface area contributed by atoms with Crippen LogP contribution in [0.25, 0.3) is 0 Å². The highest BCUT2D eigenvalue weighted by molar-refractivity contribution is 7.89. The highest BCUT2D eigenvalue weighted by Crippen LogP contribution is 2.24. The highest BCUT2D eigenvalue weighted by Gasteiger charge is 2.29. The van der Waals surface area contributed by atoms with Crippen molar-refractivity contribution in [2.75, 3.05) is 26.2 Å². The Bertz CT molecular complexity index is 801. The number of benzene rings is 2. The van der Waals surface area contributed by atoms with Gasteiger partial charge in [-0.2, -0.15) is 4.31 Å². The van der Waals surface area contributed by atoms with Gasteiger partial charge in [0.2, 0.25) is 10.0 Å². The molecule has 0 aliphatic carbocycles. The molecule has 0 N–H and O–H groups in total. The Hall–Kier alpha value is -1.40. The first-order chi connectivity index (χ1) is 11.5.